The van der Waals surface area contributed by atoms with E-state index >= 15 is 0 Å². The van der Waals surface area contributed by atoms with Gasteiger partial charge < -0.3 is 20.7 Å². The van der Waals surface area contributed by atoms with Crippen LogP contribution in [0.4, 0.5) is 16.2 Å². The van der Waals surface area contributed by atoms with E-state index in [0.29, 0.717) is 23.7 Å². The van der Waals surface area contributed by atoms with E-state index < -0.39 is 0 Å². The molecule has 0 fully saturated rings. The molecule has 2 rings (SSSR count). The van der Waals surface area contributed by atoms with Crippen LogP contribution >= 0.6 is 15.9 Å². The van der Waals surface area contributed by atoms with Crippen LogP contribution in [0.1, 0.15) is 13.3 Å². The minimum Gasteiger partial charge on any atom is -0.492 e. The van der Waals surface area contributed by atoms with Gasteiger partial charge in [0.05, 0.1) is 12.3 Å². The minimum atomic E-state index is -0.357. The molecule has 3 N–H and O–H groups in total. The van der Waals surface area contributed by atoms with E-state index in [9.17, 15) is 9.59 Å². The Labute approximate surface area is 155 Å². The monoisotopic (exact) mass is 405 g/mol. The Morgan fingerprint density at radius 3 is 2.48 bits per heavy atom. The average Bonchev–Trinajstić information content (AvgIpc) is 2.59. The molecule has 2 aromatic carbocycles. The second kappa shape index (κ2) is 9.68. The van der Waals surface area contributed by atoms with E-state index in [0.717, 1.165) is 4.47 Å². The van der Waals surface area contributed by atoms with Gasteiger partial charge in [0.1, 0.15) is 5.75 Å². The summed E-state index contributed by atoms with van der Waals surface area (Å²) in [6.45, 7) is 2.63. The van der Waals surface area contributed by atoms with Gasteiger partial charge in [-0.1, -0.05) is 28.1 Å². The predicted molar refractivity (Wildman–Crippen MR) is 102 cm³/mol. The Balaban J connectivity index is 1.75. The van der Waals surface area contributed by atoms with Crippen LogP contribution in [0.5, 0.6) is 5.75 Å². The minimum absolute atomic E-state index is 0.161. The van der Waals surface area contributed by atoms with Gasteiger partial charge in [-0.2, -0.15) is 0 Å². The van der Waals surface area contributed by atoms with Crippen LogP contribution < -0.4 is 20.7 Å². The van der Waals surface area contributed by atoms with Gasteiger partial charge in [-0.3, -0.25) is 4.79 Å². The van der Waals surface area contributed by atoms with E-state index in [1.54, 1.807) is 24.3 Å². The molecule has 0 saturated heterocycles. The number of anilines is 2. The molecular weight excluding hydrogens is 386 g/mol. The van der Waals surface area contributed by atoms with Crippen molar-refractivity contribution in [1.29, 1.82) is 0 Å². The molecule has 0 unspecified atom stereocenters. The standard InChI is InChI=1S/C18H20BrN3O3/c1-2-25-16-6-4-3-5-15(16)22-17(23)11-12-20-18(24)21-14-9-7-13(19)8-10-14/h3-10H,2,11-12H2,1H3,(H,22,23)(H2,20,21,24). The zero-order valence-corrected chi connectivity index (χ0v) is 15.4. The van der Waals surface area contributed by atoms with Crippen LogP contribution in [0.15, 0.2) is 53.0 Å². The van der Waals surface area contributed by atoms with Crippen molar-refractivity contribution in [3.05, 3.63) is 53.0 Å². The van der Waals surface area contributed by atoms with E-state index in [4.69, 9.17) is 4.74 Å². The molecule has 0 saturated carbocycles. The summed E-state index contributed by atoms with van der Waals surface area (Å²) in [6, 6.07) is 14.1. The maximum absolute atomic E-state index is 12.0. The van der Waals surface area contributed by atoms with Gasteiger partial charge in [0.25, 0.3) is 0 Å². The summed E-state index contributed by atoms with van der Waals surface area (Å²) in [6.07, 6.45) is 0.161. The second-order valence-electron chi connectivity index (χ2n) is 5.12. The largest absolute Gasteiger partial charge is 0.492 e. The number of para-hydroxylation sites is 2. The van der Waals surface area contributed by atoms with Gasteiger partial charge in [-0.15, -0.1) is 0 Å². The maximum Gasteiger partial charge on any atom is 0.319 e. The molecule has 0 aliphatic rings. The van der Waals surface area contributed by atoms with Crippen molar-refractivity contribution >= 4 is 39.2 Å². The third-order valence-electron chi connectivity index (χ3n) is 3.20. The van der Waals surface area contributed by atoms with Crippen molar-refractivity contribution in [1.82, 2.24) is 5.32 Å². The number of urea groups is 1. The van der Waals surface area contributed by atoms with Crippen LogP contribution in [-0.4, -0.2) is 25.1 Å². The first-order chi connectivity index (χ1) is 12.1. The van der Waals surface area contributed by atoms with Crippen molar-refractivity contribution in [2.75, 3.05) is 23.8 Å². The number of nitrogens with one attached hydrogen (secondary N) is 3. The van der Waals surface area contributed by atoms with Crippen molar-refractivity contribution in [3.8, 4) is 5.75 Å². The van der Waals surface area contributed by atoms with Gasteiger partial charge in [-0.05, 0) is 43.3 Å². The van der Waals surface area contributed by atoms with Crippen LogP contribution in [-0.2, 0) is 4.79 Å². The topological polar surface area (TPSA) is 79.5 Å². The first kappa shape index (κ1) is 18.8. The fourth-order valence-corrected chi connectivity index (χ4v) is 2.33. The first-order valence-corrected chi connectivity index (χ1v) is 8.70. The quantitative estimate of drug-likeness (QED) is 0.651. The molecule has 7 heteroatoms. The van der Waals surface area contributed by atoms with Gasteiger partial charge in [0, 0.05) is 23.1 Å². The van der Waals surface area contributed by atoms with Crippen LogP contribution in [0.2, 0.25) is 0 Å². The molecule has 0 atom stereocenters. The van der Waals surface area contributed by atoms with Gasteiger partial charge in [0.15, 0.2) is 0 Å². The Morgan fingerprint density at radius 1 is 1.04 bits per heavy atom. The van der Waals surface area contributed by atoms with Crippen molar-refractivity contribution in [2.45, 2.75) is 13.3 Å². The van der Waals surface area contributed by atoms with Crippen LogP contribution in [0.25, 0.3) is 0 Å². The Kier molecular flexibility index (Phi) is 7.28. The van der Waals surface area contributed by atoms with Gasteiger partial charge >= 0.3 is 6.03 Å². The molecular formula is C18H20BrN3O3. The van der Waals surface area contributed by atoms with Crippen molar-refractivity contribution in [3.63, 3.8) is 0 Å². The van der Waals surface area contributed by atoms with E-state index in [1.165, 1.54) is 0 Å². The predicted octanol–water partition coefficient (Wildman–Crippen LogP) is 4.00. The maximum atomic E-state index is 12.0. The summed E-state index contributed by atoms with van der Waals surface area (Å²) in [5.74, 6) is 0.426. The summed E-state index contributed by atoms with van der Waals surface area (Å²) < 4.78 is 6.39. The van der Waals surface area contributed by atoms with E-state index in [1.807, 2.05) is 31.2 Å². The van der Waals surface area contributed by atoms with E-state index in [-0.39, 0.29) is 24.9 Å². The van der Waals surface area contributed by atoms with Crippen LogP contribution in [0.3, 0.4) is 0 Å². The molecule has 0 aliphatic heterocycles. The van der Waals surface area contributed by atoms with Gasteiger partial charge in [0.2, 0.25) is 5.91 Å². The highest BCUT2D eigenvalue weighted by atomic mass is 79.9. The Bertz CT molecular complexity index is 720. The fourth-order valence-electron chi connectivity index (χ4n) is 2.06. The lowest BCUT2D eigenvalue weighted by Crippen LogP contribution is -2.31. The third-order valence-corrected chi connectivity index (χ3v) is 3.73. The number of benzene rings is 2. The first-order valence-electron chi connectivity index (χ1n) is 7.90. The highest BCUT2D eigenvalue weighted by Crippen LogP contribution is 2.23. The highest BCUT2D eigenvalue weighted by Gasteiger charge is 2.08. The summed E-state index contributed by atoms with van der Waals surface area (Å²) in [5, 5.41) is 8.13. The number of hydrogen-bond acceptors (Lipinski definition) is 3. The highest BCUT2D eigenvalue weighted by molar-refractivity contribution is 9.10. The molecule has 0 radical (unpaired) electrons. The smallest absolute Gasteiger partial charge is 0.319 e. The Morgan fingerprint density at radius 2 is 1.76 bits per heavy atom. The lowest BCUT2D eigenvalue weighted by atomic mass is 10.2. The molecule has 6 nitrogen and oxygen atoms in total. The number of hydrogen-bond donors (Lipinski definition) is 3. The molecule has 132 valence electrons. The number of rotatable bonds is 7. The molecule has 3 amide bonds. The number of carbonyl (C=O) groups is 2. The lowest BCUT2D eigenvalue weighted by molar-refractivity contribution is -0.116. The van der Waals surface area contributed by atoms with Gasteiger partial charge in [-0.25, -0.2) is 4.79 Å². The molecule has 0 spiro atoms. The lowest BCUT2D eigenvalue weighted by Gasteiger charge is -2.11. The summed E-state index contributed by atoms with van der Waals surface area (Å²) in [4.78, 5) is 23.8. The zero-order chi connectivity index (χ0) is 18.1. The molecule has 0 bridgehead atoms. The fraction of sp³-hybridized carbons (Fsp3) is 0.222. The molecule has 0 heterocycles. The number of carbonyl (C=O) groups excluding carboxylic acids is 2. The number of amides is 3. The SMILES string of the molecule is CCOc1ccccc1NC(=O)CCNC(=O)Nc1ccc(Br)cc1. The van der Waals surface area contributed by atoms with Crippen molar-refractivity contribution in [2.24, 2.45) is 0 Å². The molecule has 25 heavy (non-hydrogen) atoms. The summed E-state index contributed by atoms with van der Waals surface area (Å²) >= 11 is 3.33. The zero-order valence-electron chi connectivity index (χ0n) is 13.8. The normalized spacial score (nSPS) is 10.0. The summed E-state index contributed by atoms with van der Waals surface area (Å²) in [5.41, 5.74) is 1.30. The van der Waals surface area contributed by atoms with E-state index in [2.05, 4.69) is 31.9 Å². The molecule has 2 aromatic rings. The third kappa shape index (κ3) is 6.46. The molecule has 0 aromatic heterocycles. The van der Waals surface area contributed by atoms with Crippen molar-refractivity contribution < 1.29 is 14.3 Å². The van der Waals surface area contributed by atoms with Crippen LogP contribution in [0, 0.1) is 0 Å². The molecule has 0 aliphatic carbocycles. The number of ether oxygens (including phenoxy) is 1. The number of halogens is 1. The summed E-state index contributed by atoms with van der Waals surface area (Å²) in [7, 11) is 0. The average molecular weight is 406 g/mol. The Hall–Kier alpha value is -2.54. The second-order valence-corrected chi connectivity index (χ2v) is 6.03.